The predicted octanol–water partition coefficient (Wildman–Crippen LogP) is 4.15. The average molecular weight is 442 g/mol. The minimum absolute atomic E-state index is 0.586. The third-order valence-corrected chi connectivity index (χ3v) is 3.78. The molecular weight excluding hydrogens is 427 g/mol. The van der Waals surface area contributed by atoms with Crippen LogP contribution in [-0.2, 0) is 0 Å². The minimum atomic E-state index is 0.586. The smallest absolute Gasteiger partial charge is 0.0995 e. The first kappa shape index (κ1) is 17.0. The minimum Gasteiger partial charge on any atom is -0.397 e. The van der Waals surface area contributed by atoms with E-state index < -0.39 is 0 Å². The van der Waals surface area contributed by atoms with Crippen molar-refractivity contribution in [1.82, 2.24) is 9.97 Å². The number of hydrogen-bond acceptors (Lipinski definition) is 6. The Morgan fingerprint density at radius 1 is 0.880 bits per heavy atom. The second-order valence-corrected chi connectivity index (χ2v) is 5.72. The molecule has 0 unspecified atom stereocenters. The summed E-state index contributed by atoms with van der Waals surface area (Å²) in [6.45, 7) is 0. The van der Waals surface area contributed by atoms with Crippen LogP contribution in [0.4, 0.5) is 22.7 Å². The van der Waals surface area contributed by atoms with Gasteiger partial charge in [0.15, 0.2) is 0 Å². The second kappa shape index (κ2) is 7.84. The number of hydrogen-bond donors (Lipinski definition) is 2. The van der Waals surface area contributed by atoms with Gasteiger partial charge in [0.2, 0.25) is 0 Å². The fraction of sp³-hybridized carbons (Fsp3) is 0. The van der Waals surface area contributed by atoms with Crippen LogP contribution < -0.4 is 11.5 Å². The second-order valence-electron chi connectivity index (χ2n) is 5.16. The zero-order valence-corrected chi connectivity index (χ0v) is 15.3. The van der Waals surface area contributed by atoms with Gasteiger partial charge < -0.3 is 11.5 Å². The van der Waals surface area contributed by atoms with E-state index in [1.165, 1.54) is 0 Å². The molecule has 0 atom stereocenters. The number of aromatic nitrogens is 2. The summed E-state index contributed by atoms with van der Waals surface area (Å²) in [6.07, 6.45) is 6.50. The largest absolute Gasteiger partial charge is 0.397 e. The lowest BCUT2D eigenvalue weighted by Crippen LogP contribution is -1.90. The van der Waals surface area contributed by atoms with Crippen LogP contribution in [-0.4, -0.2) is 20.4 Å². The lowest BCUT2D eigenvalue weighted by atomic mass is 10.0. The van der Waals surface area contributed by atoms with Gasteiger partial charge in [-0.25, -0.2) is 4.99 Å². The Morgan fingerprint density at radius 2 is 1.68 bits per heavy atom. The Bertz CT molecular complexity index is 938. The van der Waals surface area contributed by atoms with E-state index in [2.05, 4.69) is 42.5 Å². The highest BCUT2D eigenvalue weighted by molar-refractivity contribution is 14.1. The van der Waals surface area contributed by atoms with Crippen LogP contribution in [0.5, 0.6) is 0 Å². The summed E-state index contributed by atoms with van der Waals surface area (Å²) in [5, 5.41) is 0. The molecule has 0 aliphatic heterocycles. The first-order valence-corrected chi connectivity index (χ1v) is 8.64. The van der Waals surface area contributed by atoms with Crippen molar-refractivity contribution in [3.8, 4) is 11.1 Å². The first-order valence-electron chi connectivity index (χ1n) is 7.39. The standard InChI is InChI=1S/C18H15IN6/c19-11-25-17-4-2-12(7-16(17)21)13-1-3-15(20)18(8-13)24-10-14-9-22-5-6-23-14/h1-11H,20-21H2. The third kappa shape index (κ3) is 4.18. The number of benzene rings is 2. The molecule has 124 valence electrons. The fourth-order valence-corrected chi connectivity index (χ4v) is 2.55. The van der Waals surface area contributed by atoms with Gasteiger partial charge in [-0.05, 0) is 58.0 Å². The van der Waals surface area contributed by atoms with E-state index in [0.29, 0.717) is 22.8 Å². The van der Waals surface area contributed by atoms with Crippen LogP contribution in [0.3, 0.4) is 0 Å². The van der Waals surface area contributed by atoms with E-state index in [1.54, 1.807) is 29.0 Å². The molecule has 0 saturated carbocycles. The van der Waals surface area contributed by atoms with Crippen molar-refractivity contribution < 1.29 is 0 Å². The van der Waals surface area contributed by atoms with Crippen LogP contribution >= 0.6 is 22.6 Å². The number of anilines is 2. The fourth-order valence-electron chi connectivity index (χ4n) is 2.25. The molecule has 4 N–H and O–H groups in total. The number of rotatable bonds is 4. The Kier molecular flexibility index (Phi) is 5.34. The van der Waals surface area contributed by atoms with Crippen molar-refractivity contribution in [2.24, 2.45) is 9.98 Å². The molecule has 0 amide bonds. The zero-order valence-electron chi connectivity index (χ0n) is 13.2. The summed E-state index contributed by atoms with van der Waals surface area (Å²) in [6, 6.07) is 11.4. The van der Waals surface area contributed by atoms with Gasteiger partial charge in [-0.1, -0.05) is 12.1 Å². The van der Waals surface area contributed by atoms with Gasteiger partial charge in [0, 0.05) is 12.4 Å². The van der Waals surface area contributed by atoms with Gasteiger partial charge in [0.25, 0.3) is 0 Å². The average Bonchev–Trinajstić information content (AvgIpc) is 2.64. The summed E-state index contributed by atoms with van der Waals surface area (Å²) >= 11 is 2.06. The maximum absolute atomic E-state index is 6.06. The zero-order chi connectivity index (χ0) is 17.6. The van der Waals surface area contributed by atoms with Crippen LogP contribution in [0.15, 0.2) is 65.0 Å². The molecule has 1 aromatic heterocycles. The number of nitrogens with two attached hydrogens (primary N) is 2. The van der Waals surface area contributed by atoms with Crippen LogP contribution in [0, 0.1) is 0 Å². The molecule has 25 heavy (non-hydrogen) atoms. The molecule has 2 aromatic carbocycles. The first-order chi connectivity index (χ1) is 12.2. The molecular formula is C18H15IN6. The molecule has 0 spiro atoms. The van der Waals surface area contributed by atoms with Gasteiger partial charge in [-0.15, -0.1) is 0 Å². The Labute approximate surface area is 158 Å². The molecule has 0 fully saturated rings. The van der Waals surface area contributed by atoms with Gasteiger partial charge in [-0.2, -0.15) is 0 Å². The third-order valence-electron chi connectivity index (χ3n) is 3.50. The van der Waals surface area contributed by atoms with Crippen LogP contribution in [0.25, 0.3) is 11.1 Å². The predicted molar refractivity (Wildman–Crippen MR) is 112 cm³/mol. The molecule has 1 heterocycles. The van der Waals surface area contributed by atoms with Crippen molar-refractivity contribution in [2.75, 3.05) is 11.5 Å². The highest BCUT2D eigenvalue weighted by Crippen LogP contribution is 2.32. The molecule has 0 aliphatic carbocycles. The SMILES string of the molecule is Nc1cc(-c2ccc(N)c(N=Cc3cnccn3)c2)ccc1N=CI. The van der Waals surface area contributed by atoms with E-state index in [-0.39, 0.29) is 0 Å². The maximum Gasteiger partial charge on any atom is 0.0995 e. The van der Waals surface area contributed by atoms with Gasteiger partial charge in [0.05, 0.1) is 45.1 Å². The summed E-state index contributed by atoms with van der Waals surface area (Å²) in [5.41, 5.74) is 17.3. The number of halogens is 1. The Balaban J connectivity index is 1.94. The molecule has 3 aromatic rings. The van der Waals surface area contributed by atoms with Crippen molar-refractivity contribution in [3.63, 3.8) is 0 Å². The molecule has 0 bridgehead atoms. The molecule has 0 aliphatic rings. The Morgan fingerprint density at radius 3 is 2.40 bits per heavy atom. The quantitative estimate of drug-likeness (QED) is 0.360. The van der Waals surface area contributed by atoms with Crippen molar-refractivity contribution in [1.29, 1.82) is 0 Å². The molecule has 6 nitrogen and oxygen atoms in total. The van der Waals surface area contributed by atoms with E-state index in [1.807, 2.05) is 36.4 Å². The summed E-state index contributed by atoms with van der Waals surface area (Å²) < 4.78 is 1.69. The van der Waals surface area contributed by atoms with Crippen molar-refractivity contribution in [3.05, 3.63) is 60.7 Å². The van der Waals surface area contributed by atoms with E-state index in [4.69, 9.17) is 11.5 Å². The van der Waals surface area contributed by atoms with Crippen LogP contribution in [0.2, 0.25) is 0 Å². The van der Waals surface area contributed by atoms with Gasteiger partial charge in [-0.3, -0.25) is 15.0 Å². The Hall–Kier alpha value is -2.81. The molecule has 0 radical (unpaired) electrons. The van der Waals surface area contributed by atoms with Gasteiger partial charge >= 0.3 is 0 Å². The lowest BCUT2D eigenvalue weighted by Gasteiger charge is -2.08. The van der Waals surface area contributed by atoms with Gasteiger partial charge in [0.1, 0.15) is 0 Å². The topological polar surface area (TPSA) is 103 Å². The monoisotopic (exact) mass is 442 g/mol. The van der Waals surface area contributed by atoms with Crippen LogP contribution in [0.1, 0.15) is 5.69 Å². The highest BCUT2D eigenvalue weighted by Gasteiger charge is 2.05. The van der Waals surface area contributed by atoms with E-state index in [9.17, 15) is 0 Å². The van der Waals surface area contributed by atoms with Crippen molar-refractivity contribution in [2.45, 2.75) is 0 Å². The molecule has 7 heteroatoms. The molecule has 0 saturated heterocycles. The van der Waals surface area contributed by atoms with Crippen molar-refractivity contribution >= 4 is 55.8 Å². The number of nitrogen functional groups attached to an aromatic ring is 2. The maximum atomic E-state index is 6.06. The summed E-state index contributed by atoms with van der Waals surface area (Å²) in [7, 11) is 0. The van der Waals surface area contributed by atoms with E-state index >= 15 is 0 Å². The van der Waals surface area contributed by atoms with E-state index in [0.717, 1.165) is 16.8 Å². The lowest BCUT2D eigenvalue weighted by molar-refractivity contribution is 1.18. The molecule has 3 rings (SSSR count). The highest BCUT2D eigenvalue weighted by atomic mass is 127. The number of aliphatic imine (C=N–C) groups is 2. The summed E-state index contributed by atoms with van der Waals surface area (Å²) in [5.74, 6) is 0. The summed E-state index contributed by atoms with van der Waals surface area (Å²) in [4.78, 5) is 16.8. The normalized spacial score (nSPS) is 11.4. The number of nitrogens with zero attached hydrogens (tertiary/aromatic N) is 4.